The minimum atomic E-state index is -5.08. The van der Waals surface area contributed by atoms with E-state index in [9.17, 15) is 26.4 Å². The molecule has 2 aromatic rings. The lowest BCUT2D eigenvalue weighted by Crippen LogP contribution is -2.34. The van der Waals surface area contributed by atoms with E-state index in [0.29, 0.717) is 6.54 Å². The van der Waals surface area contributed by atoms with E-state index in [2.05, 4.69) is 29.4 Å². The number of halogens is 3. The number of carbonyl (C=O) groups is 2. The number of hydrogen-bond donors (Lipinski definition) is 2. The molecule has 1 aliphatic heterocycles. The number of aliphatic carboxylic acids is 1. The maximum atomic E-state index is 12.9. The minimum absolute atomic E-state index is 0.0700. The standard InChI is InChI=1S/C27H38N4O3S.C2HF3O2/c1-4-5-6-7-22-10-14-25(15-11-22)35(33,34)31(3)21-17-26(32)30(2)20-16-23-8-12-24(13-9-23)27-28-18-19-29-27;3-2(4,5)1(6)7/h8-15H,4-7,16-21H2,1-3H3,(H,28,29);(H,6,7). The van der Waals surface area contributed by atoms with Gasteiger partial charge < -0.3 is 15.3 Å². The lowest BCUT2D eigenvalue weighted by atomic mass is 10.1. The molecular weight excluding hydrogens is 573 g/mol. The Morgan fingerprint density at radius 2 is 1.52 bits per heavy atom. The monoisotopic (exact) mass is 612 g/mol. The number of carbonyl (C=O) groups excluding carboxylic acids is 1. The van der Waals surface area contributed by atoms with Crippen molar-refractivity contribution in [1.29, 1.82) is 0 Å². The number of likely N-dealkylation sites (N-methyl/N-ethyl adjacent to an activating group) is 1. The molecule has 1 heterocycles. The number of hydrogen-bond acceptors (Lipinski definition) is 6. The van der Waals surface area contributed by atoms with Gasteiger partial charge in [-0.25, -0.2) is 17.5 Å². The van der Waals surface area contributed by atoms with Crippen molar-refractivity contribution in [3.05, 3.63) is 65.2 Å². The van der Waals surface area contributed by atoms with E-state index in [4.69, 9.17) is 9.90 Å². The zero-order valence-corrected chi connectivity index (χ0v) is 25.0. The summed E-state index contributed by atoms with van der Waals surface area (Å²) in [6, 6.07) is 15.3. The molecule has 1 amide bonds. The number of carboxylic acids is 1. The molecule has 0 spiro atoms. The maximum Gasteiger partial charge on any atom is 0.490 e. The Kier molecular flexibility index (Phi) is 13.4. The summed E-state index contributed by atoms with van der Waals surface area (Å²) in [5.74, 6) is -1.89. The van der Waals surface area contributed by atoms with Crippen molar-refractivity contribution in [2.75, 3.05) is 40.3 Å². The first-order chi connectivity index (χ1) is 19.8. The van der Waals surface area contributed by atoms with Crippen LogP contribution >= 0.6 is 0 Å². The Bertz CT molecular complexity index is 1300. The molecule has 0 bridgehead atoms. The van der Waals surface area contributed by atoms with Crippen molar-refractivity contribution in [2.45, 2.75) is 56.5 Å². The third-order valence-electron chi connectivity index (χ3n) is 6.65. The summed E-state index contributed by atoms with van der Waals surface area (Å²) in [5, 5.41) is 10.4. The molecule has 0 atom stereocenters. The van der Waals surface area contributed by atoms with Crippen LogP contribution in [0, 0.1) is 0 Å². The number of rotatable bonds is 13. The second-order valence-corrected chi connectivity index (χ2v) is 11.9. The van der Waals surface area contributed by atoms with Crippen molar-refractivity contribution >= 4 is 27.7 Å². The summed E-state index contributed by atoms with van der Waals surface area (Å²) in [6.07, 6.45) is 0.198. The van der Waals surface area contributed by atoms with E-state index in [0.717, 1.165) is 61.3 Å². The second kappa shape index (κ2) is 16.3. The zero-order chi connectivity index (χ0) is 31.3. The van der Waals surface area contributed by atoms with Crippen LogP contribution in [0.1, 0.15) is 49.3 Å². The number of aliphatic imine (C=N–C) groups is 1. The van der Waals surface area contributed by atoms with Gasteiger partial charge in [-0.15, -0.1) is 0 Å². The summed E-state index contributed by atoms with van der Waals surface area (Å²) < 4.78 is 58.8. The van der Waals surface area contributed by atoms with Gasteiger partial charge >= 0.3 is 12.1 Å². The number of nitrogens with one attached hydrogen (secondary N) is 1. The highest BCUT2D eigenvalue weighted by atomic mass is 32.2. The molecule has 0 saturated carbocycles. The van der Waals surface area contributed by atoms with Crippen LogP contribution in [0.3, 0.4) is 0 Å². The molecular formula is C29H39F3N4O5S. The van der Waals surface area contributed by atoms with Gasteiger partial charge in [0.25, 0.3) is 0 Å². The summed E-state index contributed by atoms with van der Waals surface area (Å²) in [5.41, 5.74) is 3.37. The van der Waals surface area contributed by atoms with Crippen LogP contribution in [0.2, 0.25) is 0 Å². The van der Waals surface area contributed by atoms with Crippen LogP contribution in [0.25, 0.3) is 0 Å². The Balaban J connectivity index is 0.000000782. The fraction of sp³-hybridized carbons (Fsp3) is 0.483. The number of benzene rings is 2. The first-order valence-electron chi connectivity index (χ1n) is 13.7. The van der Waals surface area contributed by atoms with Crippen molar-refractivity contribution in [2.24, 2.45) is 4.99 Å². The van der Waals surface area contributed by atoms with Gasteiger partial charge in [-0.1, -0.05) is 56.2 Å². The van der Waals surface area contributed by atoms with Gasteiger partial charge in [0, 0.05) is 45.7 Å². The highest BCUT2D eigenvalue weighted by Gasteiger charge is 2.38. The van der Waals surface area contributed by atoms with E-state index in [1.165, 1.54) is 17.8 Å². The van der Waals surface area contributed by atoms with Crippen molar-refractivity contribution in [3.63, 3.8) is 0 Å². The van der Waals surface area contributed by atoms with Crippen molar-refractivity contribution in [3.8, 4) is 0 Å². The van der Waals surface area contributed by atoms with Gasteiger partial charge in [0.2, 0.25) is 15.9 Å². The molecule has 0 unspecified atom stereocenters. The molecule has 0 radical (unpaired) electrons. The molecule has 0 fully saturated rings. The first-order valence-corrected chi connectivity index (χ1v) is 15.2. The molecule has 9 nitrogen and oxygen atoms in total. The van der Waals surface area contributed by atoms with E-state index < -0.39 is 22.2 Å². The normalized spacial score (nSPS) is 13.2. The second-order valence-electron chi connectivity index (χ2n) is 9.90. The molecule has 0 aromatic heterocycles. The number of sulfonamides is 1. The number of aryl methyl sites for hydroxylation is 1. The van der Waals surface area contributed by atoms with E-state index in [1.54, 1.807) is 24.1 Å². The van der Waals surface area contributed by atoms with Gasteiger partial charge in [-0.3, -0.25) is 9.79 Å². The third-order valence-corrected chi connectivity index (χ3v) is 8.52. The van der Waals surface area contributed by atoms with E-state index in [-0.39, 0.29) is 23.8 Å². The fourth-order valence-electron chi connectivity index (χ4n) is 3.99. The average molecular weight is 613 g/mol. The number of amidine groups is 1. The number of amides is 1. The Hall–Kier alpha value is -3.45. The van der Waals surface area contributed by atoms with Gasteiger partial charge in [-0.05, 0) is 42.5 Å². The number of unbranched alkanes of at least 4 members (excludes halogenated alkanes) is 2. The maximum absolute atomic E-state index is 12.9. The third kappa shape index (κ3) is 11.1. The Morgan fingerprint density at radius 1 is 0.952 bits per heavy atom. The Morgan fingerprint density at radius 3 is 2.05 bits per heavy atom. The minimum Gasteiger partial charge on any atom is -0.475 e. The summed E-state index contributed by atoms with van der Waals surface area (Å²) in [4.78, 5) is 27.9. The molecule has 3 rings (SSSR count). The average Bonchev–Trinajstić information content (AvgIpc) is 3.50. The van der Waals surface area contributed by atoms with Gasteiger partial charge in [-0.2, -0.15) is 13.2 Å². The topological polar surface area (TPSA) is 119 Å². The lowest BCUT2D eigenvalue weighted by molar-refractivity contribution is -0.192. The Labute approximate surface area is 245 Å². The largest absolute Gasteiger partial charge is 0.490 e. The molecule has 1 aliphatic rings. The summed E-state index contributed by atoms with van der Waals surface area (Å²) in [6.45, 7) is 4.58. The van der Waals surface area contributed by atoms with Crippen LogP contribution in [0.4, 0.5) is 13.2 Å². The quantitative estimate of drug-likeness (QED) is 0.329. The number of nitrogens with zero attached hydrogens (tertiary/aromatic N) is 3. The summed E-state index contributed by atoms with van der Waals surface area (Å²) in [7, 11) is -0.327. The molecule has 2 aromatic carbocycles. The highest BCUT2D eigenvalue weighted by Crippen LogP contribution is 2.17. The van der Waals surface area contributed by atoms with Crippen LogP contribution in [0.15, 0.2) is 58.4 Å². The number of carboxylic acid groups (broad SMARTS) is 1. The van der Waals surface area contributed by atoms with Crippen LogP contribution in [0.5, 0.6) is 0 Å². The highest BCUT2D eigenvalue weighted by molar-refractivity contribution is 7.89. The van der Waals surface area contributed by atoms with E-state index >= 15 is 0 Å². The molecule has 0 aliphatic carbocycles. The molecule has 2 N–H and O–H groups in total. The van der Waals surface area contributed by atoms with Crippen molar-refractivity contribution in [1.82, 2.24) is 14.5 Å². The molecule has 42 heavy (non-hydrogen) atoms. The SMILES string of the molecule is CCCCCc1ccc(S(=O)(=O)N(C)CCC(=O)N(C)CCc2ccc(C3=NCCN3)cc2)cc1.O=C(O)C(F)(F)F. The van der Waals surface area contributed by atoms with Crippen LogP contribution in [-0.4, -0.2) is 86.9 Å². The molecule has 13 heteroatoms. The van der Waals surface area contributed by atoms with Crippen molar-refractivity contribution < 1.29 is 36.3 Å². The molecule has 0 saturated heterocycles. The van der Waals surface area contributed by atoms with Crippen LogP contribution < -0.4 is 5.32 Å². The van der Waals surface area contributed by atoms with Gasteiger partial charge in [0.15, 0.2) is 0 Å². The summed E-state index contributed by atoms with van der Waals surface area (Å²) >= 11 is 0. The first kappa shape index (κ1) is 34.7. The molecule has 232 valence electrons. The van der Waals surface area contributed by atoms with Crippen LogP contribution in [-0.2, 0) is 32.5 Å². The predicted octanol–water partition coefficient (Wildman–Crippen LogP) is 4.11. The smallest absolute Gasteiger partial charge is 0.475 e. The van der Waals surface area contributed by atoms with Gasteiger partial charge in [0.05, 0.1) is 11.4 Å². The zero-order valence-electron chi connectivity index (χ0n) is 24.2. The van der Waals surface area contributed by atoms with Gasteiger partial charge in [0.1, 0.15) is 5.84 Å². The lowest BCUT2D eigenvalue weighted by Gasteiger charge is -2.21. The predicted molar refractivity (Wildman–Crippen MR) is 155 cm³/mol. The number of alkyl halides is 3. The fourth-order valence-corrected chi connectivity index (χ4v) is 5.16. The van der Waals surface area contributed by atoms with E-state index in [1.807, 2.05) is 24.3 Å².